The summed E-state index contributed by atoms with van der Waals surface area (Å²) in [5.41, 5.74) is 1.23. The average molecular weight is 154 g/mol. The van der Waals surface area contributed by atoms with Crippen LogP contribution in [0, 0.1) is 5.92 Å². The molecule has 0 bridgehead atoms. The Labute approximate surface area is 69.4 Å². The topological polar surface area (TPSA) is 24.7 Å². The van der Waals surface area contributed by atoms with Crippen LogP contribution >= 0.6 is 0 Å². The number of rotatable bonds is 2. The van der Waals surface area contributed by atoms with Gasteiger partial charge in [0.05, 0.1) is 0 Å². The van der Waals surface area contributed by atoms with E-state index in [2.05, 4.69) is 30.8 Å². The third-order valence-electron chi connectivity index (χ3n) is 1.66. The molecule has 0 heterocycles. The van der Waals surface area contributed by atoms with E-state index in [1.165, 1.54) is 5.71 Å². The highest BCUT2D eigenvalue weighted by Gasteiger charge is 2.01. The molecule has 0 spiro atoms. The zero-order valence-corrected chi connectivity index (χ0v) is 8.18. The van der Waals surface area contributed by atoms with E-state index in [1.54, 1.807) is 7.05 Å². The third kappa shape index (κ3) is 3.91. The van der Waals surface area contributed by atoms with Gasteiger partial charge in [-0.05, 0) is 19.3 Å². The molecule has 0 saturated heterocycles. The normalized spacial score (nSPS) is 14.4. The smallest absolute Gasteiger partial charge is 0.119 e. The van der Waals surface area contributed by atoms with Crippen molar-refractivity contribution in [2.24, 2.45) is 15.9 Å². The predicted octanol–water partition coefficient (Wildman–Crippen LogP) is 2.54. The third-order valence-corrected chi connectivity index (χ3v) is 1.66. The molecular weight excluding hydrogens is 136 g/mol. The second-order valence-electron chi connectivity index (χ2n) is 2.88. The van der Waals surface area contributed by atoms with Gasteiger partial charge < -0.3 is 0 Å². The molecule has 0 unspecified atom stereocenters. The van der Waals surface area contributed by atoms with Crippen molar-refractivity contribution < 1.29 is 0 Å². The van der Waals surface area contributed by atoms with Crippen LogP contribution in [-0.2, 0) is 0 Å². The summed E-state index contributed by atoms with van der Waals surface area (Å²) in [6.07, 6.45) is 1.02. The highest BCUT2D eigenvalue weighted by atomic mass is 14.9. The molecule has 0 fully saturated rings. The quantitative estimate of drug-likeness (QED) is 0.431. The maximum Gasteiger partial charge on any atom is 0.119 e. The van der Waals surface area contributed by atoms with Gasteiger partial charge in [0, 0.05) is 12.8 Å². The molecule has 0 amide bonds. The molecule has 2 heteroatoms. The Morgan fingerprint density at radius 3 is 2.18 bits per heavy atom. The molecule has 0 aliphatic carbocycles. The van der Waals surface area contributed by atoms with Gasteiger partial charge in [-0.3, -0.25) is 4.99 Å². The van der Waals surface area contributed by atoms with Crippen molar-refractivity contribution >= 4 is 11.5 Å². The van der Waals surface area contributed by atoms with Crippen LogP contribution in [0.4, 0.5) is 0 Å². The predicted molar refractivity (Wildman–Crippen MR) is 51.6 cm³/mol. The number of hydrogen-bond donors (Lipinski definition) is 0. The van der Waals surface area contributed by atoms with E-state index in [0.29, 0.717) is 5.92 Å². The Kier molecular flexibility index (Phi) is 4.75. The van der Waals surface area contributed by atoms with Crippen molar-refractivity contribution in [3.8, 4) is 0 Å². The summed E-state index contributed by atoms with van der Waals surface area (Å²) in [6, 6.07) is 0. The average Bonchev–Trinajstić information content (AvgIpc) is 1.99. The minimum atomic E-state index is 0.539. The maximum absolute atomic E-state index is 4.38. The van der Waals surface area contributed by atoms with Gasteiger partial charge in [0.1, 0.15) is 5.84 Å². The van der Waals surface area contributed by atoms with E-state index in [4.69, 9.17) is 0 Å². The van der Waals surface area contributed by atoms with Gasteiger partial charge in [0.15, 0.2) is 0 Å². The zero-order valence-electron chi connectivity index (χ0n) is 8.18. The Morgan fingerprint density at radius 2 is 1.91 bits per heavy atom. The zero-order chi connectivity index (χ0) is 8.85. The largest absolute Gasteiger partial charge is 0.274 e. The van der Waals surface area contributed by atoms with Crippen LogP contribution in [0.2, 0.25) is 0 Å². The van der Waals surface area contributed by atoms with Gasteiger partial charge >= 0.3 is 0 Å². The van der Waals surface area contributed by atoms with Crippen LogP contribution in [0.3, 0.4) is 0 Å². The Bertz CT molecular complexity index is 166. The van der Waals surface area contributed by atoms with Crippen LogP contribution in [-0.4, -0.2) is 18.6 Å². The summed E-state index contributed by atoms with van der Waals surface area (Å²) in [5.74, 6) is 1.41. The molecular formula is C9H18N2. The lowest BCUT2D eigenvalue weighted by Gasteiger charge is -2.06. The van der Waals surface area contributed by atoms with Gasteiger partial charge in [0.2, 0.25) is 0 Å². The van der Waals surface area contributed by atoms with Crippen molar-refractivity contribution in [1.82, 2.24) is 0 Å². The van der Waals surface area contributed by atoms with Gasteiger partial charge in [-0.1, -0.05) is 20.8 Å². The molecule has 0 aromatic rings. The molecule has 0 aliphatic rings. The van der Waals surface area contributed by atoms with Gasteiger partial charge in [-0.2, -0.15) is 0 Å². The maximum atomic E-state index is 4.38. The highest BCUT2D eigenvalue weighted by Crippen LogP contribution is 2.01. The van der Waals surface area contributed by atoms with Crippen molar-refractivity contribution in [2.75, 3.05) is 7.05 Å². The molecule has 11 heavy (non-hydrogen) atoms. The Morgan fingerprint density at radius 1 is 1.36 bits per heavy atom. The second kappa shape index (κ2) is 5.05. The number of nitrogens with zero attached hydrogens (tertiary/aromatic N) is 2. The first kappa shape index (κ1) is 10.3. The molecule has 0 saturated carbocycles. The lowest BCUT2D eigenvalue weighted by molar-refractivity contribution is 0.859. The summed E-state index contributed by atoms with van der Waals surface area (Å²) in [6.45, 7) is 8.37. The standard InChI is InChI=1S/C9H18N2/c1-6-9(7(2)3)11-8(4)10-5/h7H,6H2,1-5H3. The van der Waals surface area contributed by atoms with E-state index in [-0.39, 0.29) is 0 Å². The van der Waals surface area contributed by atoms with Crippen molar-refractivity contribution in [1.29, 1.82) is 0 Å². The summed E-state index contributed by atoms with van der Waals surface area (Å²) in [4.78, 5) is 8.37. The molecule has 0 aliphatic heterocycles. The number of amidine groups is 1. The van der Waals surface area contributed by atoms with E-state index in [9.17, 15) is 0 Å². The van der Waals surface area contributed by atoms with Crippen LogP contribution < -0.4 is 0 Å². The monoisotopic (exact) mass is 154 g/mol. The minimum absolute atomic E-state index is 0.539. The lowest BCUT2D eigenvalue weighted by Crippen LogP contribution is -2.07. The van der Waals surface area contributed by atoms with Gasteiger partial charge in [0.25, 0.3) is 0 Å². The lowest BCUT2D eigenvalue weighted by atomic mass is 10.1. The molecule has 0 N–H and O–H groups in total. The number of hydrogen-bond acceptors (Lipinski definition) is 1. The van der Waals surface area contributed by atoms with Crippen LogP contribution in [0.25, 0.3) is 0 Å². The fraction of sp³-hybridized carbons (Fsp3) is 0.778. The molecule has 0 aromatic carbocycles. The van der Waals surface area contributed by atoms with Gasteiger partial charge in [-0.15, -0.1) is 0 Å². The van der Waals surface area contributed by atoms with Gasteiger partial charge in [-0.25, -0.2) is 4.99 Å². The minimum Gasteiger partial charge on any atom is -0.274 e. The first-order valence-electron chi connectivity index (χ1n) is 4.12. The van der Waals surface area contributed by atoms with E-state index >= 15 is 0 Å². The summed E-state index contributed by atoms with van der Waals surface area (Å²) in [5, 5.41) is 0. The summed E-state index contributed by atoms with van der Waals surface area (Å²) >= 11 is 0. The van der Waals surface area contributed by atoms with Crippen LogP contribution in [0.5, 0.6) is 0 Å². The van der Waals surface area contributed by atoms with Crippen molar-refractivity contribution in [3.05, 3.63) is 0 Å². The Balaban J connectivity index is 4.35. The molecule has 64 valence electrons. The molecule has 0 atom stereocenters. The first-order valence-corrected chi connectivity index (χ1v) is 4.12. The van der Waals surface area contributed by atoms with E-state index in [1.807, 2.05) is 6.92 Å². The molecule has 2 nitrogen and oxygen atoms in total. The highest BCUT2D eigenvalue weighted by molar-refractivity contribution is 5.97. The molecule has 0 rings (SSSR count). The summed E-state index contributed by atoms with van der Waals surface area (Å²) < 4.78 is 0. The van der Waals surface area contributed by atoms with Crippen LogP contribution in [0.1, 0.15) is 34.1 Å². The first-order chi connectivity index (χ1) is 5.11. The van der Waals surface area contributed by atoms with Crippen molar-refractivity contribution in [3.63, 3.8) is 0 Å². The number of aliphatic imine (C=N–C) groups is 2. The van der Waals surface area contributed by atoms with E-state index < -0.39 is 0 Å². The SMILES string of the molecule is CCC(=NC(C)=NC)C(C)C. The fourth-order valence-corrected chi connectivity index (χ4v) is 0.874. The summed E-state index contributed by atoms with van der Waals surface area (Å²) in [7, 11) is 1.77. The Hall–Kier alpha value is -0.660. The van der Waals surface area contributed by atoms with Crippen molar-refractivity contribution in [2.45, 2.75) is 34.1 Å². The molecule has 0 radical (unpaired) electrons. The van der Waals surface area contributed by atoms with E-state index in [0.717, 1.165) is 12.3 Å². The fourth-order valence-electron chi connectivity index (χ4n) is 0.874. The molecule has 0 aromatic heterocycles. The second-order valence-corrected chi connectivity index (χ2v) is 2.88. The van der Waals surface area contributed by atoms with Crippen LogP contribution in [0.15, 0.2) is 9.98 Å².